The zero-order valence-electron chi connectivity index (χ0n) is 20.4. The third-order valence-electron chi connectivity index (χ3n) is 7.61. The van der Waals surface area contributed by atoms with Gasteiger partial charge in [0, 0.05) is 18.7 Å². The van der Waals surface area contributed by atoms with Gasteiger partial charge >= 0.3 is 5.97 Å². The number of methoxy groups -OCH3 is 1. The normalized spacial score (nSPS) is 20.0. The molecule has 184 valence electrons. The van der Waals surface area contributed by atoms with Crippen molar-refractivity contribution in [2.75, 3.05) is 18.6 Å². The molecule has 2 aromatic heterocycles. The minimum Gasteiger partial charge on any atom is -0.469 e. The number of amides is 1. The van der Waals surface area contributed by atoms with Crippen LogP contribution in [-0.4, -0.2) is 35.9 Å². The molecule has 1 aliphatic heterocycles. The molecule has 3 heterocycles. The van der Waals surface area contributed by atoms with Crippen molar-refractivity contribution >= 4 is 44.9 Å². The SMILES string of the molecule is COC(=O)C1CCC(CC(=O)c2cc3sccc3n2CC(=O)N2CCCc3cc(C)ccc32)CC1. The van der Waals surface area contributed by atoms with E-state index in [0.717, 1.165) is 54.4 Å². The Kier molecular flexibility index (Phi) is 6.78. The molecule has 7 heteroatoms. The van der Waals surface area contributed by atoms with E-state index in [1.807, 2.05) is 33.0 Å². The molecule has 1 saturated carbocycles. The number of anilines is 1. The van der Waals surface area contributed by atoms with Gasteiger partial charge < -0.3 is 14.2 Å². The molecule has 1 fully saturated rings. The van der Waals surface area contributed by atoms with Gasteiger partial charge in [0.1, 0.15) is 6.54 Å². The first-order valence-corrected chi connectivity index (χ1v) is 13.4. The second-order valence-corrected chi connectivity index (χ2v) is 10.9. The lowest BCUT2D eigenvalue weighted by molar-refractivity contribution is -0.146. The van der Waals surface area contributed by atoms with E-state index in [1.165, 1.54) is 18.2 Å². The van der Waals surface area contributed by atoms with Crippen LogP contribution in [0.3, 0.4) is 0 Å². The zero-order chi connectivity index (χ0) is 24.5. The Bertz CT molecular complexity index is 1270. The van der Waals surface area contributed by atoms with Crippen LogP contribution in [0.2, 0.25) is 0 Å². The molecule has 1 aromatic carbocycles. The van der Waals surface area contributed by atoms with Crippen LogP contribution in [0.4, 0.5) is 5.69 Å². The van der Waals surface area contributed by atoms with Crippen molar-refractivity contribution in [3.05, 3.63) is 52.5 Å². The third-order valence-corrected chi connectivity index (χ3v) is 8.46. The number of benzene rings is 1. The molecule has 1 aliphatic carbocycles. The Labute approximate surface area is 209 Å². The molecular weight excluding hydrogens is 460 g/mol. The van der Waals surface area contributed by atoms with Crippen LogP contribution in [0, 0.1) is 18.8 Å². The van der Waals surface area contributed by atoms with E-state index in [0.29, 0.717) is 18.7 Å². The van der Waals surface area contributed by atoms with Gasteiger partial charge in [0.2, 0.25) is 5.91 Å². The second kappa shape index (κ2) is 9.97. The molecule has 3 aromatic rings. The number of rotatable bonds is 6. The van der Waals surface area contributed by atoms with Crippen molar-refractivity contribution in [1.82, 2.24) is 4.57 Å². The first-order chi connectivity index (χ1) is 16.9. The van der Waals surface area contributed by atoms with Crippen molar-refractivity contribution in [1.29, 1.82) is 0 Å². The Hall–Kier alpha value is -2.93. The summed E-state index contributed by atoms with van der Waals surface area (Å²) < 4.78 is 7.83. The zero-order valence-corrected chi connectivity index (χ0v) is 21.2. The molecule has 0 saturated heterocycles. The van der Waals surface area contributed by atoms with Crippen LogP contribution in [0.5, 0.6) is 0 Å². The smallest absolute Gasteiger partial charge is 0.308 e. The van der Waals surface area contributed by atoms with E-state index in [4.69, 9.17) is 4.74 Å². The highest BCUT2D eigenvalue weighted by Gasteiger charge is 2.30. The van der Waals surface area contributed by atoms with Crippen molar-refractivity contribution in [3.63, 3.8) is 0 Å². The van der Waals surface area contributed by atoms with Gasteiger partial charge in [0.15, 0.2) is 5.78 Å². The number of thiophene rings is 1. The topological polar surface area (TPSA) is 68.6 Å². The highest BCUT2D eigenvalue weighted by atomic mass is 32.1. The van der Waals surface area contributed by atoms with E-state index >= 15 is 0 Å². The minimum absolute atomic E-state index is 0.0196. The summed E-state index contributed by atoms with van der Waals surface area (Å²) in [6.45, 7) is 2.94. The number of aryl methyl sites for hydroxylation is 2. The third kappa shape index (κ3) is 4.79. The lowest BCUT2D eigenvalue weighted by Crippen LogP contribution is -2.38. The fraction of sp³-hybridized carbons (Fsp3) is 0.464. The molecule has 0 N–H and O–H groups in total. The number of nitrogens with zero attached hydrogens (tertiary/aromatic N) is 2. The van der Waals surface area contributed by atoms with Gasteiger partial charge in [-0.1, -0.05) is 17.7 Å². The Morgan fingerprint density at radius 1 is 1.09 bits per heavy atom. The molecule has 1 amide bonds. The maximum Gasteiger partial charge on any atom is 0.308 e. The number of carbonyl (C=O) groups is 3. The van der Waals surface area contributed by atoms with Crippen molar-refractivity contribution < 1.29 is 19.1 Å². The Morgan fingerprint density at radius 2 is 1.89 bits per heavy atom. The summed E-state index contributed by atoms with van der Waals surface area (Å²) in [5.74, 6) is 0.174. The number of hydrogen-bond acceptors (Lipinski definition) is 5. The molecule has 5 rings (SSSR count). The molecule has 35 heavy (non-hydrogen) atoms. The number of hydrogen-bond donors (Lipinski definition) is 0. The Morgan fingerprint density at radius 3 is 2.66 bits per heavy atom. The van der Waals surface area contributed by atoms with Crippen molar-refractivity contribution in [3.8, 4) is 0 Å². The molecule has 6 nitrogen and oxygen atoms in total. The first kappa shape index (κ1) is 23.8. The van der Waals surface area contributed by atoms with E-state index in [-0.39, 0.29) is 36.0 Å². The van der Waals surface area contributed by atoms with Crippen LogP contribution in [-0.2, 0) is 27.3 Å². The quantitative estimate of drug-likeness (QED) is 0.335. The molecular formula is C28H32N2O4S. The van der Waals surface area contributed by atoms with E-state index < -0.39 is 0 Å². The Balaban J connectivity index is 1.33. The number of ketones is 1. The predicted octanol–water partition coefficient (Wildman–Crippen LogP) is 5.54. The van der Waals surface area contributed by atoms with Gasteiger partial charge in [0.05, 0.1) is 28.9 Å². The fourth-order valence-corrected chi connectivity index (χ4v) is 6.54. The number of Topliss-reactive ketones (excluding diaryl/α,β-unsaturated/α-hetero) is 1. The van der Waals surface area contributed by atoms with Gasteiger partial charge in [-0.05, 0) is 80.5 Å². The van der Waals surface area contributed by atoms with E-state index in [1.54, 1.807) is 11.3 Å². The number of aromatic nitrogens is 1. The summed E-state index contributed by atoms with van der Waals surface area (Å²) in [5.41, 5.74) is 4.99. The minimum atomic E-state index is -0.142. The van der Waals surface area contributed by atoms with Gasteiger partial charge in [-0.2, -0.15) is 0 Å². The molecule has 0 bridgehead atoms. The summed E-state index contributed by atoms with van der Waals surface area (Å²) in [4.78, 5) is 40.7. The maximum atomic E-state index is 13.5. The van der Waals surface area contributed by atoms with Crippen LogP contribution >= 0.6 is 11.3 Å². The highest BCUT2D eigenvalue weighted by molar-refractivity contribution is 7.17. The van der Waals surface area contributed by atoms with Gasteiger partial charge in [-0.15, -0.1) is 11.3 Å². The van der Waals surface area contributed by atoms with Crippen molar-refractivity contribution in [2.45, 2.75) is 58.4 Å². The fourth-order valence-electron chi connectivity index (χ4n) is 5.72. The molecule has 0 radical (unpaired) electrons. The van der Waals surface area contributed by atoms with Gasteiger partial charge in [-0.25, -0.2) is 0 Å². The first-order valence-electron chi connectivity index (χ1n) is 12.5. The van der Waals surface area contributed by atoms with E-state index in [2.05, 4.69) is 19.1 Å². The van der Waals surface area contributed by atoms with Crippen LogP contribution in [0.15, 0.2) is 35.7 Å². The number of ether oxygens (including phenoxy) is 1. The number of fused-ring (bicyclic) bond motifs is 2. The lowest BCUT2D eigenvalue weighted by atomic mass is 9.79. The lowest BCUT2D eigenvalue weighted by Gasteiger charge is -2.30. The monoisotopic (exact) mass is 492 g/mol. The van der Waals surface area contributed by atoms with Gasteiger partial charge in [0.25, 0.3) is 0 Å². The average Bonchev–Trinajstić information content (AvgIpc) is 3.46. The molecule has 0 unspecified atom stereocenters. The second-order valence-electron chi connectivity index (χ2n) is 9.94. The summed E-state index contributed by atoms with van der Waals surface area (Å²) in [6, 6.07) is 10.2. The van der Waals surface area contributed by atoms with Crippen LogP contribution < -0.4 is 4.90 Å². The van der Waals surface area contributed by atoms with Gasteiger partial charge in [-0.3, -0.25) is 14.4 Å². The summed E-state index contributed by atoms with van der Waals surface area (Å²) >= 11 is 1.60. The highest BCUT2D eigenvalue weighted by Crippen LogP contribution is 2.34. The average molecular weight is 493 g/mol. The molecule has 0 spiro atoms. The van der Waals surface area contributed by atoms with Crippen LogP contribution in [0.25, 0.3) is 10.2 Å². The summed E-state index contributed by atoms with van der Waals surface area (Å²) in [7, 11) is 1.43. The largest absolute Gasteiger partial charge is 0.469 e. The maximum absolute atomic E-state index is 13.5. The van der Waals surface area contributed by atoms with Crippen molar-refractivity contribution in [2.24, 2.45) is 11.8 Å². The number of carbonyl (C=O) groups excluding carboxylic acids is 3. The number of esters is 1. The summed E-state index contributed by atoms with van der Waals surface area (Å²) in [6.07, 6.45) is 5.63. The van der Waals surface area contributed by atoms with E-state index in [9.17, 15) is 14.4 Å². The molecule has 0 atom stereocenters. The molecule has 2 aliphatic rings. The summed E-state index contributed by atoms with van der Waals surface area (Å²) in [5, 5.41) is 2.01. The standard InChI is InChI=1S/C28H32N2O4S/c1-18-5-10-22-21(14-18)4-3-12-29(22)27(32)17-30-23-11-13-35-26(23)16-24(30)25(31)15-19-6-8-20(9-7-19)28(33)34-2/h5,10-11,13-14,16,19-20H,3-4,6-9,12,15,17H2,1-2H3. The predicted molar refractivity (Wildman–Crippen MR) is 138 cm³/mol. The van der Waals surface area contributed by atoms with Crippen LogP contribution in [0.1, 0.15) is 60.1 Å².